The average molecular weight is 244 g/mol. The molecule has 0 radical (unpaired) electrons. The topological polar surface area (TPSA) is 47.3 Å². The maximum Gasteiger partial charge on any atom is 0.0695 e. The molecule has 2 unspecified atom stereocenters. The summed E-state index contributed by atoms with van der Waals surface area (Å²) in [7, 11) is -0.736. The second kappa shape index (κ2) is 6.74. The third kappa shape index (κ3) is 4.16. The van der Waals surface area contributed by atoms with Gasteiger partial charge in [-0.25, -0.2) is 0 Å². The minimum Gasteiger partial charge on any atom is -0.379 e. The molecule has 2 atom stereocenters. The molecule has 3 nitrogen and oxygen atoms in total. The van der Waals surface area contributed by atoms with Crippen molar-refractivity contribution in [2.24, 2.45) is 5.73 Å². The fourth-order valence-electron chi connectivity index (χ4n) is 2.53. The Bertz CT molecular complexity index is 191. The fraction of sp³-hybridized carbons (Fsp3) is 1.00. The largest absolute Gasteiger partial charge is 0.379 e. The molecule has 3 N–H and O–H groups in total. The van der Waals surface area contributed by atoms with Gasteiger partial charge in [-0.15, -0.1) is 0 Å². The van der Waals surface area contributed by atoms with Crippen molar-refractivity contribution in [3.63, 3.8) is 0 Å². The summed E-state index contributed by atoms with van der Waals surface area (Å²) in [4.78, 5) is 0. The molecule has 0 aromatic carbocycles. The normalized spacial score (nSPS) is 28.3. The molecule has 0 aromatic heterocycles. The van der Waals surface area contributed by atoms with E-state index in [1.54, 1.807) is 0 Å². The molecule has 1 aliphatic rings. The maximum atomic E-state index is 6.14. The van der Waals surface area contributed by atoms with Crippen LogP contribution in [-0.2, 0) is 4.74 Å². The molecule has 0 bridgehead atoms. The first-order valence-electron chi connectivity index (χ1n) is 6.70. The Balaban J connectivity index is 2.33. The van der Waals surface area contributed by atoms with E-state index < -0.39 is 8.80 Å². The van der Waals surface area contributed by atoms with E-state index in [1.807, 2.05) is 6.92 Å². The molecule has 0 aromatic rings. The van der Waals surface area contributed by atoms with Gasteiger partial charge in [-0.3, -0.25) is 0 Å². The lowest BCUT2D eigenvalue weighted by molar-refractivity contribution is -0.0288. The van der Waals surface area contributed by atoms with Crippen LogP contribution < -0.4 is 11.1 Å². The standard InChI is InChI=1S/C12H28N2OSi/c1-11(13)14-9-6-8-12(16(2)3)7-4-5-10-15-12/h11,14,16H,4-10,13H2,1-3H3. The van der Waals surface area contributed by atoms with Gasteiger partial charge in [0.15, 0.2) is 0 Å². The third-order valence-corrected chi connectivity index (χ3v) is 6.53. The van der Waals surface area contributed by atoms with Crippen LogP contribution in [-0.4, -0.2) is 33.3 Å². The summed E-state index contributed by atoms with van der Waals surface area (Å²) < 4.78 is 6.14. The molecular weight excluding hydrogens is 216 g/mol. The van der Waals surface area contributed by atoms with Crippen LogP contribution in [0, 0.1) is 0 Å². The van der Waals surface area contributed by atoms with Gasteiger partial charge in [0.25, 0.3) is 0 Å². The predicted octanol–water partition coefficient (Wildman–Crippen LogP) is 1.63. The first-order valence-corrected chi connectivity index (χ1v) is 9.58. The molecule has 96 valence electrons. The number of nitrogens with two attached hydrogens (primary N) is 1. The summed E-state index contributed by atoms with van der Waals surface area (Å²) in [5.41, 5.74) is 5.67. The van der Waals surface area contributed by atoms with Crippen LogP contribution in [0.25, 0.3) is 0 Å². The van der Waals surface area contributed by atoms with Gasteiger partial charge in [0.1, 0.15) is 0 Å². The highest BCUT2D eigenvalue weighted by Crippen LogP contribution is 2.31. The van der Waals surface area contributed by atoms with Gasteiger partial charge >= 0.3 is 0 Å². The number of hydrogen-bond acceptors (Lipinski definition) is 3. The first-order chi connectivity index (χ1) is 7.57. The van der Waals surface area contributed by atoms with Gasteiger partial charge in [-0.2, -0.15) is 0 Å². The van der Waals surface area contributed by atoms with Crippen molar-refractivity contribution in [1.82, 2.24) is 5.32 Å². The number of nitrogens with one attached hydrogen (secondary N) is 1. The molecule has 0 aliphatic carbocycles. The quantitative estimate of drug-likeness (QED) is 0.424. The van der Waals surface area contributed by atoms with Crippen molar-refractivity contribution < 1.29 is 4.74 Å². The van der Waals surface area contributed by atoms with E-state index in [0.29, 0.717) is 0 Å². The maximum absolute atomic E-state index is 6.14. The van der Waals surface area contributed by atoms with Crippen molar-refractivity contribution in [1.29, 1.82) is 0 Å². The Labute approximate surface area is 102 Å². The number of ether oxygens (including phenoxy) is 1. The SMILES string of the molecule is CC(N)NCCCC1([SiH](C)C)CCCCO1. The lowest BCUT2D eigenvalue weighted by Gasteiger charge is -2.40. The van der Waals surface area contributed by atoms with Crippen molar-refractivity contribution in [3.05, 3.63) is 0 Å². The van der Waals surface area contributed by atoms with Crippen LogP contribution in [0.2, 0.25) is 13.1 Å². The average Bonchev–Trinajstić information content (AvgIpc) is 2.25. The van der Waals surface area contributed by atoms with Crippen LogP contribution in [0.3, 0.4) is 0 Å². The van der Waals surface area contributed by atoms with E-state index in [2.05, 4.69) is 18.4 Å². The van der Waals surface area contributed by atoms with Gasteiger partial charge in [-0.1, -0.05) is 13.1 Å². The molecule has 1 saturated heterocycles. The molecule has 0 spiro atoms. The van der Waals surface area contributed by atoms with Gasteiger partial charge in [0, 0.05) is 6.61 Å². The molecule has 16 heavy (non-hydrogen) atoms. The lowest BCUT2D eigenvalue weighted by Crippen LogP contribution is -2.48. The predicted molar refractivity (Wildman–Crippen MR) is 72.3 cm³/mol. The first kappa shape index (κ1) is 14.2. The molecule has 1 rings (SSSR count). The summed E-state index contributed by atoms with van der Waals surface area (Å²) in [5.74, 6) is 0. The van der Waals surface area contributed by atoms with E-state index in [9.17, 15) is 0 Å². The monoisotopic (exact) mass is 244 g/mol. The minimum absolute atomic E-state index is 0.111. The highest BCUT2D eigenvalue weighted by Gasteiger charge is 2.36. The fourth-order valence-corrected chi connectivity index (χ4v) is 4.55. The zero-order chi connectivity index (χ0) is 12.0. The van der Waals surface area contributed by atoms with E-state index in [-0.39, 0.29) is 11.4 Å². The highest BCUT2D eigenvalue weighted by atomic mass is 28.3. The Morgan fingerprint density at radius 3 is 2.69 bits per heavy atom. The number of rotatable bonds is 6. The third-order valence-electron chi connectivity index (χ3n) is 3.68. The smallest absolute Gasteiger partial charge is 0.0695 e. The van der Waals surface area contributed by atoms with Crippen LogP contribution in [0.4, 0.5) is 0 Å². The van der Waals surface area contributed by atoms with Gasteiger partial charge in [0.2, 0.25) is 0 Å². The summed E-state index contributed by atoms with van der Waals surface area (Å²) in [6.45, 7) is 8.83. The zero-order valence-electron chi connectivity index (χ0n) is 11.1. The van der Waals surface area contributed by atoms with Gasteiger partial charge in [0.05, 0.1) is 20.2 Å². The van der Waals surface area contributed by atoms with Crippen molar-refractivity contribution in [2.75, 3.05) is 13.2 Å². The van der Waals surface area contributed by atoms with Crippen LogP contribution in [0.1, 0.15) is 39.0 Å². The van der Waals surface area contributed by atoms with Crippen LogP contribution >= 0.6 is 0 Å². The minimum atomic E-state index is -0.736. The molecule has 0 amide bonds. The van der Waals surface area contributed by atoms with Crippen molar-refractivity contribution >= 4 is 8.80 Å². The molecule has 1 fully saturated rings. The van der Waals surface area contributed by atoms with E-state index in [1.165, 1.54) is 32.1 Å². The van der Waals surface area contributed by atoms with Crippen molar-refractivity contribution in [2.45, 2.75) is 63.5 Å². The Morgan fingerprint density at radius 2 is 2.19 bits per heavy atom. The summed E-state index contributed by atoms with van der Waals surface area (Å²) >= 11 is 0. The van der Waals surface area contributed by atoms with E-state index in [0.717, 1.165) is 13.2 Å². The Kier molecular flexibility index (Phi) is 5.96. The van der Waals surface area contributed by atoms with E-state index in [4.69, 9.17) is 10.5 Å². The van der Waals surface area contributed by atoms with E-state index >= 15 is 0 Å². The van der Waals surface area contributed by atoms with Gasteiger partial charge < -0.3 is 15.8 Å². The zero-order valence-corrected chi connectivity index (χ0v) is 12.2. The Morgan fingerprint density at radius 1 is 1.44 bits per heavy atom. The second-order valence-electron chi connectivity index (χ2n) is 5.37. The van der Waals surface area contributed by atoms with Gasteiger partial charge in [-0.05, 0) is 45.6 Å². The Hall–Kier alpha value is 0.0969. The highest BCUT2D eigenvalue weighted by molar-refractivity contribution is 6.59. The summed E-state index contributed by atoms with van der Waals surface area (Å²) in [5, 5.41) is 3.55. The molecule has 0 saturated carbocycles. The second-order valence-corrected chi connectivity index (χ2v) is 8.73. The number of hydrogen-bond donors (Lipinski definition) is 2. The molecule has 4 heteroatoms. The van der Waals surface area contributed by atoms with Crippen LogP contribution in [0.5, 0.6) is 0 Å². The lowest BCUT2D eigenvalue weighted by atomic mass is 10.0. The summed E-state index contributed by atoms with van der Waals surface area (Å²) in [6.07, 6.45) is 6.41. The molecule has 1 aliphatic heterocycles. The molecular formula is C12H28N2OSi. The summed E-state index contributed by atoms with van der Waals surface area (Å²) in [6, 6.07) is 0. The van der Waals surface area contributed by atoms with Crippen molar-refractivity contribution in [3.8, 4) is 0 Å². The molecule has 1 heterocycles. The van der Waals surface area contributed by atoms with Crippen LogP contribution in [0.15, 0.2) is 0 Å².